The quantitative estimate of drug-likeness (QED) is 0.781. The Hall–Kier alpha value is -2.98. The summed E-state index contributed by atoms with van der Waals surface area (Å²) in [7, 11) is 0. The highest BCUT2D eigenvalue weighted by molar-refractivity contribution is 5.92. The third-order valence-electron chi connectivity index (χ3n) is 5.21. The Balaban J connectivity index is 1.35. The van der Waals surface area contributed by atoms with E-state index < -0.39 is 0 Å². The lowest BCUT2D eigenvalue weighted by molar-refractivity contribution is 0.0451. The van der Waals surface area contributed by atoms with Crippen molar-refractivity contribution in [2.24, 2.45) is 0 Å². The van der Waals surface area contributed by atoms with E-state index in [1.807, 2.05) is 4.90 Å². The number of rotatable bonds is 4. The predicted molar refractivity (Wildman–Crippen MR) is 99.9 cm³/mol. The first-order chi connectivity index (χ1) is 13.2. The number of aromatic nitrogens is 2. The lowest BCUT2D eigenvalue weighted by atomic mass is 9.91. The van der Waals surface area contributed by atoms with Crippen LogP contribution in [0.4, 0.5) is 5.69 Å². The highest BCUT2D eigenvalue weighted by Gasteiger charge is 2.30. The molecule has 2 aromatic rings. The summed E-state index contributed by atoms with van der Waals surface area (Å²) in [5.74, 6) is 0.727. The maximum absolute atomic E-state index is 12.6. The maximum atomic E-state index is 12.6. The average Bonchev–Trinajstić information content (AvgIpc) is 2.67. The zero-order chi connectivity index (χ0) is 18.6. The van der Waals surface area contributed by atoms with Crippen LogP contribution in [0, 0.1) is 6.57 Å². The molecular formula is C20H21N5O2. The van der Waals surface area contributed by atoms with E-state index in [2.05, 4.69) is 19.7 Å². The SMILES string of the molecule is [C-]#[N+]c1cccc(Oc2cnc(C(=O)N3CCN(C4CCC4)CC3)cn2)c1. The summed E-state index contributed by atoms with van der Waals surface area (Å²) in [6.07, 6.45) is 6.81. The molecule has 27 heavy (non-hydrogen) atoms. The zero-order valence-electron chi connectivity index (χ0n) is 15.0. The maximum Gasteiger partial charge on any atom is 0.274 e. The summed E-state index contributed by atoms with van der Waals surface area (Å²) in [4.78, 5) is 28.8. The fourth-order valence-corrected chi connectivity index (χ4v) is 3.42. The predicted octanol–water partition coefficient (Wildman–Crippen LogP) is 3.13. The van der Waals surface area contributed by atoms with Gasteiger partial charge in [-0.05, 0) is 25.0 Å². The lowest BCUT2D eigenvalue weighted by Crippen LogP contribution is -2.53. The van der Waals surface area contributed by atoms with E-state index in [1.165, 1.54) is 31.7 Å². The molecule has 0 bridgehead atoms. The van der Waals surface area contributed by atoms with Crippen LogP contribution >= 0.6 is 0 Å². The third-order valence-corrected chi connectivity index (χ3v) is 5.21. The van der Waals surface area contributed by atoms with Crippen LogP contribution in [-0.4, -0.2) is 57.9 Å². The minimum atomic E-state index is -0.0858. The zero-order valence-corrected chi connectivity index (χ0v) is 15.0. The Morgan fingerprint density at radius 2 is 1.96 bits per heavy atom. The van der Waals surface area contributed by atoms with E-state index in [9.17, 15) is 4.79 Å². The van der Waals surface area contributed by atoms with Crippen LogP contribution in [-0.2, 0) is 0 Å². The Bertz CT molecular complexity index is 849. The molecule has 0 spiro atoms. The van der Waals surface area contributed by atoms with E-state index >= 15 is 0 Å². The van der Waals surface area contributed by atoms with Crippen molar-refractivity contribution in [3.63, 3.8) is 0 Å². The first kappa shape index (κ1) is 17.4. The van der Waals surface area contributed by atoms with Gasteiger partial charge < -0.3 is 9.64 Å². The van der Waals surface area contributed by atoms with Crippen molar-refractivity contribution in [3.05, 3.63) is 53.8 Å². The number of piperazine rings is 1. The van der Waals surface area contributed by atoms with Crippen molar-refractivity contribution < 1.29 is 9.53 Å². The van der Waals surface area contributed by atoms with E-state index in [0.29, 0.717) is 23.0 Å². The summed E-state index contributed by atoms with van der Waals surface area (Å²) in [5, 5.41) is 0. The standard InChI is InChI=1S/C20H21N5O2/c1-21-15-4-2-7-17(12-15)27-19-14-22-18(13-23-19)20(26)25-10-8-24(9-11-25)16-5-3-6-16/h2,4,7,12-14,16H,3,5-6,8-11H2. The monoisotopic (exact) mass is 363 g/mol. The van der Waals surface area contributed by atoms with E-state index in [4.69, 9.17) is 11.3 Å². The van der Waals surface area contributed by atoms with Gasteiger partial charge in [-0.1, -0.05) is 18.6 Å². The van der Waals surface area contributed by atoms with Gasteiger partial charge in [0, 0.05) is 32.2 Å². The van der Waals surface area contributed by atoms with Gasteiger partial charge in [-0.25, -0.2) is 14.8 Å². The van der Waals surface area contributed by atoms with Crippen molar-refractivity contribution in [2.45, 2.75) is 25.3 Å². The van der Waals surface area contributed by atoms with E-state index in [-0.39, 0.29) is 5.91 Å². The summed E-state index contributed by atoms with van der Waals surface area (Å²) in [6, 6.07) is 7.56. The van der Waals surface area contributed by atoms with Crippen molar-refractivity contribution in [2.75, 3.05) is 26.2 Å². The van der Waals surface area contributed by atoms with Gasteiger partial charge >= 0.3 is 0 Å². The molecule has 0 unspecified atom stereocenters. The topological polar surface area (TPSA) is 62.9 Å². The van der Waals surface area contributed by atoms with Gasteiger partial charge in [0.05, 0.1) is 19.0 Å². The van der Waals surface area contributed by atoms with Crippen molar-refractivity contribution in [1.29, 1.82) is 0 Å². The Morgan fingerprint density at radius 1 is 1.15 bits per heavy atom. The van der Waals surface area contributed by atoms with Gasteiger partial charge in [0.1, 0.15) is 11.4 Å². The number of hydrogen-bond acceptors (Lipinski definition) is 5. The Kier molecular flexibility index (Phi) is 4.99. The number of carbonyl (C=O) groups is 1. The summed E-state index contributed by atoms with van der Waals surface area (Å²) >= 11 is 0. The molecule has 1 aliphatic carbocycles. The minimum absolute atomic E-state index is 0.0858. The Morgan fingerprint density at radius 3 is 2.59 bits per heavy atom. The molecule has 1 aromatic carbocycles. The molecule has 1 aromatic heterocycles. The molecule has 138 valence electrons. The summed E-state index contributed by atoms with van der Waals surface area (Å²) in [5.41, 5.74) is 0.822. The molecule has 1 aliphatic heterocycles. The van der Waals surface area contributed by atoms with Gasteiger partial charge in [-0.3, -0.25) is 9.69 Å². The minimum Gasteiger partial charge on any atom is -0.439 e. The number of hydrogen-bond donors (Lipinski definition) is 0. The highest BCUT2D eigenvalue weighted by Crippen LogP contribution is 2.26. The van der Waals surface area contributed by atoms with Crippen LogP contribution in [0.25, 0.3) is 4.85 Å². The fourth-order valence-electron chi connectivity index (χ4n) is 3.42. The van der Waals surface area contributed by atoms with Gasteiger partial charge in [-0.2, -0.15) is 0 Å². The molecular weight excluding hydrogens is 342 g/mol. The van der Waals surface area contributed by atoms with E-state index in [0.717, 1.165) is 32.2 Å². The molecule has 4 rings (SSSR count). The van der Waals surface area contributed by atoms with Crippen molar-refractivity contribution in [3.8, 4) is 11.6 Å². The molecule has 2 fully saturated rings. The summed E-state index contributed by atoms with van der Waals surface area (Å²) in [6.45, 7) is 10.4. The normalized spacial score (nSPS) is 17.8. The van der Waals surface area contributed by atoms with E-state index in [1.54, 1.807) is 24.3 Å². The second-order valence-corrected chi connectivity index (χ2v) is 6.86. The molecule has 1 saturated heterocycles. The molecule has 2 aliphatic rings. The first-order valence-electron chi connectivity index (χ1n) is 9.24. The van der Waals surface area contributed by atoms with Gasteiger partial charge in [0.25, 0.3) is 5.91 Å². The number of benzene rings is 1. The number of ether oxygens (including phenoxy) is 1. The van der Waals surface area contributed by atoms with Gasteiger partial charge in [0.2, 0.25) is 5.88 Å². The second kappa shape index (κ2) is 7.72. The number of nitrogens with zero attached hydrogens (tertiary/aromatic N) is 5. The number of carbonyl (C=O) groups excluding carboxylic acids is 1. The molecule has 7 heteroatoms. The molecule has 1 amide bonds. The van der Waals surface area contributed by atoms with Crippen LogP contribution in [0.3, 0.4) is 0 Å². The van der Waals surface area contributed by atoms with Gasteiger partial charge in [0.15, 0.2) is 5.69 Å². The smallest absolute Gasteiger partial charge is 0.274 e. The molecule has 0 atom stereocenters. The molecule has 2 heterocycles. The fraction of sp³-hybridized carbons (Fsp3) is 0.400. The lowest BCUT2D eigenvalue weighted by Gasteiger charge is -2.42. The third kappa shape index (κ3) is 3.91. The first-order valence-corrected chi connectivity index (χ1v) is 9.24. The summed E-state index contributed by atoms with van der Waals surface area (Å²) < 4.78 is 5.61. The van der Waals surface area contributed by atoms with Crippen LogP contribution in [0.1, 0.15) is 29.8 Å². The van der Waals surface area contributed by atoms with Crippen LogP contribution in [0.15, 0.2) is 36.7 Å². The van der Waals surface area contributed by atoms with Crippen LogP contribution < -0.4 is 4.74 Å². The second-order valence-electron chi connectivity index (χ2n) is 6.86. The molecule has 7 nitrogen and oxygen atoms in total. The molecule has 0 radical (unpaired) electrons. The molecule has 0 N–H and O–H groups in total. The Labute approximate surface area is 158 Å². The van der Waals surface area contributed by atoms with Crippen LogP contribution in [0.5, 0.6) is 11.6 Å². The average molecular weight is 363 g/mol. The molecule has 1 saturated carbocycles. The largest absolute Gasteiger partial charge is 0.439 e. The van der Waals surface area contributed by atoms with Crippen molar-refractivity contribution in [1.82, 2.24) is 19.8 Å². The highest BCUT2D eigenvalue weighted by atomic mass is 16.5. The van der Waals surface area contributed by atoms with Gasteiger partial charge in [-0.15, -0.1) is 0 Å². The number of amides is 1. The van der Waals surface area contributed by atoms with Crippen molar-refractivity contribution >= 4 is 11.6 Å². The van der Waals surface area contributed by atoms with Crippen LogP contribution in [0.2, 0.25) is 0 Å².